The van der Waals surface area contributed by atoms with Crippen LogP contribution in [0.3, 0.4) is 0 Å². The molecule has 37 heavy (non-hydrogen) atoms. The van der Waals surface area contributed by atoms with E-state index < -0.39 is 5.91 Å². The minimum absolute atomic E-state index is 0.102. The largest absolute Gasteiger partial charge is 0.494 e. The number of hydrogen-bond donors (Lipinski definition) is 2. The van der Waals surface area contributed by atoms with E-state index in [-0.39, 0.29) is 33.7 Å². The number of nitrogens with one attached hydrogen (secondary N) is 1. The first-order chi connectivity index (χ1) is 18.1. The number of para-hydroxylation sites is 1. The molecule has 0 bridgehead atoms. The maximum absolute atomic E-state index is 13.1. The van der Waals surface area contributed by atoms with Gasteiger partial charge in [0.25, 0.3) is 5.91 Å². The van der Waals surface area contributed by atoms with E-state index in [1.165, 1.54) is 11.6 Å². The lowest BCUT2D eigenvalue weighted by molar-refractivity contribution is 0.0987. The van der Waals surface area contributed by atoms with Crippen molar-refractivity contribution < 1.29 is 13.9 Å². The zero-order valence-corrected chi connectivity index (χ0v) is 19.8. The van der Waals surface area contributed by atoms with Crippen molar-refractivity contribution in [1.82, 2.24) is 20.6 Å². The third-order valence-electron chi connectivity index (χ3n) is 5.85. The van der Waals surface area contributed by atoms with E-state index in [2.05, 4.69) is 32.8 Å². The Bertz CT molecular complexity index is 1550. The van der Waals surface area contributed by atoms with Crippen molar-refractivity contribution in [1.29, 1.82) is 0 Å². The van der Waals surface area contributed by atoms with Crippen LogP contribution in [0.1, 0.15) is 28.8 Å². The predicted octanol–water partition coefficient (Wildman–Crippen LogP) is 3.90. The van der Waals surface area contributed by atoms with Crippen LogP contribution in [0.25, 0.3) is 22.6 Å². The molecule has 2 aromatic heterocycles. The number of rotatable bonds is 9. The van der Waals surface area contributed by atoms with E-state index in [0.29, 0.717) is 17.9 Å². The number of nitrogens with zero attached hydrogens (tertiary/aromatic N) is 4. The van der Waals surface area contributed by atoms with E-state index in [4.69, 9.17) is 15.0 Å². The van der Waals surface area contributed by atoms with Gasteiger partial charge in [-0.15, -0.1) is 10.2 Å². The summed E-state index contributed by atoms with van der Waals surface area (Å²) in [5.41, 5.74) is 1.71. The Labute approximate surface area is 211 Å². The second-order valence-corrected chi connectivity index (χ2v) is 8.35. The number of carbonyl (C=O) groups excluding carboxylic acids is 1. The molecule has 0 aliphatic carbocycles. The molecule has 0 radical (unpaired) electrons. The number of tetrazole rings is 1. The summed E-state index contributed by atoms with van der Waals surface area (Å²) in [5, 5.41) is 14.7. The Balaban J connectivity index is 1.26. The van der Waals surface area contributed by atoms with Crippen LogP contribution in [0.5, 0.6) is 5.75 Å². The number of carbonyl (C=O) groups is 1. The van der Waals surface area contributed by atoms with Crippen molar-refractivity contribution in [3.8, 4) is 17.3 Å². The number of nitrogens with two attached hydrogens (primary N) is 1. The number of unbranched alkanes of at least 4 members (excludes halogenated alkanes) is 1. The first-order valence-corrected chi connectivity index (χ1v) is 11.8. The Morgan fingerprint density at radius 2 is 1.81 bits per heavy atom. The van der Waals surface area contributed by atoms with Gasteiger partial charge in [0.15, 0.2) is 16.8 Å². The number of anilines is 1. The second kappa shape index (κ2) is 10.8. The molecule has 0 saturated heterocycles. The predicted molar refractivity (Wildman–Crippen MR) is 138 cm³/mol. The van der Waals surface area contributed by atoms with Crippen molar-refractivity contribution in [2.75, 3.05) is 11.6 Å². The molecule has 3 N–H and O–H groups in total. The number of hydrazine groups is 1. The summed E-state index contributed by atoms with van der Waals surface area (Å²) < 4.78 is 11.7. The highest BCUT2D eigenvalue weighted by Crippen LogP contribution is 2.28. The van der Waals surface area contributed by atoms with Crippen LogP contribution < -0.4 is 21.0 Å². The van der Waals surface area contributed by atoms with Crippen LogP contribution in [-0.4, -0.2) is 33.1 Å². The molecule has 0 spiro atoms. The number of aromatic nitrogens is 4. The van der Waals surface area contributed by atoms with E-state index >= 15 is 0 Å². The zero-order valence-electron chi connectivity index (χ0n) is 19.8. The molecule has 5 rings (SSSR count). The van der Waals surface area contributed by atoms with Crippen LogP contribution in [0.2, 0.25) is 0 Å². The Morgan fingerprint density at radius 1 is 1.00 bits per heavy atom. The van der Waals surface area contributed by atoms with Crippen LogP contribution in [0.15, 0.2) is 88.1 Å². The molecule has 0 aliphatic heterocycles. The fraction of sp³-hybridized carbons (Fsp3) is 0.148. The number of ether oxygens (including phenoxy) is 1. The fourth-order valence-corrected chi connectivity index (χ4v) is 3.94. The zero-order chi connectivity index (χ0) is 25.6. The van der Waals surface area contributed by atoms with Gasteiger partial charge >= 0.3 is 0 Å². The Kier molecular flexibility index (Phi) is 7.00. The molecular formula is C27H24N6O4. The normalized spacial score (nSPS) is 10.9. The Hall–Kier alpha value is -4.83. The van der Waals surface area contributed by atoms with Crippen molar-refractivity contribution in [3.63, 3.8) is 0 Å². The summed E-state index contributed by atoms with van der Waals surface area (Å²) in [7, 11) is 0. The lowest BCUT2D eigenvalue weighted by atomic mass is 10.1. The number of fused-ring (bicyclic) bond motifs is 1. The lowest BCUT2D eigenvalue weighted by Gasteiger charge is -2.18. The summed E-state index contributed by atoms with van der Waals surface area (Å²) in [6.07, 6.45) is 2.96. The van der Waals surface area contributed by atoms with Gasteiger partial charge in [0, 0.05) is 11.6 Å². The number of H-pyrrole nitrogens is 1. The molecule has 2 heterocycles. The first-order valence-electron chi connectivity index (χ1n) is 11.8. The SMILES string of the molecule is NN(C(=O)c1ccc(OCCCCc2ccccc2)cc1)c1cccc2c(=O)cc(-c3nn[nH]n3)oc12. The van der Waals surface area contributed by atoms with Crippen LogP contribution in [0, 0.1) is 0 Å². The highest BCUT2D eigenvalue weighted by molar-refractivity contribution is 6.09. The van der Waals surface area contributed by atoms with Crippen LogP contribution in [0.4, 0.5) is 5.69 Å². The topological polar surface area (TPSA) is 140 Å². The van der Waals surface area contributed by atoms with Gasteiger partial charge < -0.3 is 9.15 Å². The fourth-order valence-electron chi connectivity index (χ4n) is 3.94. The molecule has 0 fully saturated rings. The summed E-state index contributed by atoms with van der Waals surface area (Å²) >= 11 is 0. The van der Waals surface area contributed by atoms with Crippen LogP contribution in [-0.2, 0) is 6.42 Å². The van der Waals surface area contributed by atoms with Gasteiger partial charge in [-0.2, -0.15) is 5.21 Å². The molecular weight excluding hydrogens is 472 g/mol. The van der Waals surface area contributed by atoms with Crippen molar-refractivity contribution in [2.45, 2.75) is 19.3 Å². The van der Waals surface area contributed by atoms with Gasteiger partial charge in [0.05, 0.1) is 12.0 Å². The monoisotopic (exact) mass is 496 g/mol. The standard InChI is InChI=1S/C27H24N6O4/c28-33(22-11-6-10-21-23(34)17-24(37-25(21)22)26-29-31-32-30-26)27(35)19-12-14-20(15-13-19)36-16-5-4-9-18-7-2-1-3-8-18/h1-3,6-8,10-15,17H,4-5,9,16,28H2,(H,29,30,31,32). The van der Waals surface area contributed by atoms with Crippen molar-refractivity contribution >= 4 is 22.6 Å². The smallest absolute Gasteiger partial charge is 0.272 e. The van der Waals surface area contributed by atoms with Gasteiger partial charge in [-0.25, -0.2) is 10.9 Å². The number of amides is 1. The maximum atomic E-state index is 13.1. The third-order valence-corrected chi connectivity index (χ3v) is 5.85. The lowest BCUT2D eigenvalue weighted by Crippen LogP contribution is -2.37. The quantitative estimate of drug-likeness (QED) is 0.136. The Morgan fingerprint density at radius 3 is 2.57 bits per heavy atom. The highest BCUT2D eigenvalue weighted by atomic mass is 16.5. The van der Waals surface area contributed by atoms with E-state index in [0.717, 1.165) is 24.3 Å². The molecule has 5 aromatic rings. The molecule has 0 aliphatic rings. The first kappa shape index (κ1) is 23.9. The molecule has 0 unspecified atom stereocenters. The maximum Gasteiger partial charge on any atom is 0.272 e. The molecule has 3 aromatic carbocycles. The molecule has 186 valence electrons. The van der Waals surface area contributed by atoms with Gasteiger partial charge in [-0.1, -0.05) is 36.4 Å². The molecule has 10 nitrogen and oxygen atoms in total. The van der Waals surface area contributed by atoms with Gasteiger partial charge in [0.2, 0.25) is 5.82 Å². The summed E-state index contributed by atoms with van der Waals surface area (Å²) in [6, 6.07) is 23.2. The molecule has 1 amide bonds. The van der Waals surface area contributed by atoms with Gasteiger partial charge in [0.1, 0.15) is 11.4 Å². The van der Waals surface area contributed by atoms with Gasteiger partial charge in [-0.05, 0) is 66.4 Å². The average Bonchev–Trinajstić information content (AvgIpc) is 3.48. The molecule has 0 atom stereocenters. The van der Waals surface area contributed by atoms with Gasteiger partial charge in [-0.3, -0.25) is 9.59 Å². The summed E-state index contributed by atoms with van der Waals surface area (Å²) in [4.78, 5) is 25.8. The van der Waals surface area contributed by atoms with Crippen LogP contribution >= 0.6 is 0 Å². The van der Waals surface area contributed by atoms with E-state index in [1.54, 1.807) is 42.5 Å². The third kappa shape index (κ3) is 5.39. The number of aromatic amines is 1. The van der Waals surface area contributed by atoms with Crippen molar-refractivity contribution in [3.05, 3.63) is 100 Å². The summed E-state index contributed by atoms with van der Waals surface area (Å²) in [6.45, 7) is 0.584. The number of benzene rings is 3. The number of hydrogen-bond acceptors (Lipinski definition) is 8. The number of aryl methyl sites for hydroxylation is 1. The van der Waals surface area contributed by atoms with Crippen molar-refractivity contribution in [2.24, 2.45) is 5.84 Å². The minimum Gasteiger partial charge on any atom is -0.494 e. The second-order valence-electron chi connectivity index (χ2n) is 8.35. The van der Waals surface area contributed by atoms with E-state index in [1.807, 2.05) is 18.2 Å². The average molecular weight is 497 g/mol. The summed E-state index contributed by atoms with van der Waals surface area (Å²) in [5.74, 6) is 6.60. The molecule has 0 saturated carbocycles. The van der Waals surface area contributed by atoms with E-state index in [9.17, 15) is 9.59 Å². The minimum atomic E-state index is -0.477. The molecule has 10 heteroatoms. The highest BCUT2D eigenvalue weighted by Gasteiger charge is 2.20.